The van der Waals surface area contributed by atoms with Gasteiger partial charge in [-0.25, -0.2) is 4.79 Å². The molecule has 27 heavy (non-hydrogen) atoms. The smallest absolute Gasteiger partial charge is 0.332 e. The summed E-state index contributed by atoms with van der Waals surface area (Å²) in [6.07, 6.45) is 0. The van der Waals surface area contributed by atoms with Crippen molar-refractivity contribution in [1.82, 2.24) is 14.0 Å². The number of hydrogen-bond donors (Lipinski definition) is 1. The number of quaternary nitrogens is 1. The zero-order valence-electron chi connectivity index (χ0n) is 16.0. The summed E-state index contributed by atoms with van der Waals surface area (Å²) in [5, 5.41) is 0.810. The van der Waals surface area contributed by atoms with Crippen molar-refractivity contribution in [3.8, 4) is 0 Å². The largest absolute Gasteiger partial charge is 0.332 e. The molecule has 146 valence electrons. The molecule has 7 nitrogen and oxygen atoms in total. The van der Waals surface area contributed by atoms with E-state index in [0.29, 0.717) is 29.0 Å². The summed E-state index contributed by atoms with van der Waals surface area (Å²) in [5.74, 6) is -0.102. The highest BCUT2D eigenvalue weighted by atomic mass is 35.5. The molecule has 1 aromatic heterocycles. The van der Waals surface area contributed by atoms with Crippen LogP contribution in [0.3, 0.4) is 0 Å². The Balaban J connectivity index is 2.07. The highest BCUT2D eigenvalue weighted by molar-refractivity contribution is 6.31. The molecule has 3 rings (SSSR count). The van der Waals surface area contributed by atoms with Crippen molar-refractivity contribution in [2.24, 2.45) is 0 Å². The van der Waals surface area contributed by atoms with Crippen LogP contribution in [0.5, 0.6) is 0 Å². The first-order valence-corrected chi connectivity index (χ1v) is 9.83. The minimum Gasteiger partial charge on any atom is -0.332 e. The molecule has 2 heterocycles. The fourth-order valence-corrected chi connectivity index (χ4v) is 3.94. The van der Waals surface area contributed by atoms with E-state index in [0.717, 1.165) is 19.6 Å². The molecule has 1 aliphatic heterocycles. The second kappa shape index (κ2) is 7.86. The van der Waals surface area contributed by atoms with Gasteiger partial charge in [-0.15, -0.1) is 0 Å². The summed E-state index contributed by atoms with van der Waals surface area (Å²) in [4.78, 5) is 42.0. The van der Waals surface area contributed by atoms with E-state index in [9.17, 15) is 14.4 Å². The monoisotopic (exact) mass is 393 g/mol. The van der Waals surface area contributed by atoms with Gasteiger partial charge in [0.1, 0.15) is 6.04 Å². The minimum atomic E-state index is -0.708. The fraction of sp³-hybridized carbons (Fsp3) is 0.526. The number of fused-ring (bicyclic) bond motifs is 1. The topological polar surface area (TPSA) is 68.8 Å². The molecule has 0 spiro atoms. The lowest BCUT2D eigenvalue weighted by Crippen LogP contribution is -3.14. The van der Waals surface area contributed by atoms with E-state index in [1.807, 2.05) is 4.90 Å². The maximum absolute atomic E-state index is 13.1. The first-order valence-electron chi connectivity index (χ1n) is 9.46. The molecule has 1 atom stereocenters. The predicted octanol–water partition coefficient (Wildman–Crippen LogP) is 0.145. The van der Waals surface area contributed by atoms with Crippen LogP contribution >= 0.6 is 11.6 Å². The van der Waals surface area contributed by atoms with Crippen LogP contribution in [0, 0.1) is 0 Å². The molecule has 8 heteroatoms. The summed E-state index contributed by atoms with van der Waals surface area (Å²) in [6.45, 7) is 10.0. The van der Waals surface area contributed by atoms with Crippen LogP contribution in [0.25, 0.3) is 10.9 Å². The number of nitrogens with one attached hydrogen (secondary N) is 1. The van der Waals surface area contributed by atoms with Crippen molar-refractivity contribution < 1.29 is 9.69 Å². The highest BCUT2D eigenvalue weighted by Gasteiger charge is 2.29. The molecule has 1 amide bonds. The van der Waals surface area contributed by atoms with Crippen molar-refractivity contribution in [3.63, 3.8) is 0 Å². The first-order chi connectivity index (χ1) is 12.9. The average Bonchev–Trinajstić information content (AvgIpc) is 2.67. The van der Waals surface area contributed by atoms with E-state index in [2.05, 4.69) is 6.92 Å². The zero-order chi connectivity index (χ0) is 19.7. The number of nitrogens with zero attached hydrogens (tertiary/aromatic N) is 3. The van der Waals surface area contributed by atoms with E-state index >= 15 is 0 Å². The van der Waals surface area contributed by atoms with E-state index in [-0.39, 0.29) is 18.0 Å². The number of likely N-dealkylation sites (N-methyl/N-ethyl adjacent to an activating group) is 1. The van der Waals surface area contributed by atoms with Gasteiger partial charge in [-0.3, -0.25) is 18.7 Å². The lowest BCUT2D eigenvalue weighted by atomic mass is 10.2. The molecule has 1 aliphatic rings. The summed E-state index contributed by atoms with van der Waals surface area (Å²) in [5.41, 5.74) is -0.429. The summed E-state index contributed by atoms with van der Waals surface area (Å²) in [6, 6.07) is 4.12. The Morgan fingerprint density at radius 1 is 1.22 bits per heavy atom. The van der Waals surface area contributed by atoms with Gasteiger partial charge >= 0.3 is 5.69 Å². The second-order valence-electron chi connectivity index (χ2n) is 6.97. The normalized spacial score (nSPS) is 16.7. The lowest BCUT2D eigenvalue weighted by Gasteiger charge is -2.33. The van der Waals surface area contributed by atoms with E-state index in [1.54, 1.807) is 32.0 Å². The van der Waals surface area contributed by atoms with Gasteiger partial charge in [0.2, 0.25) is 5.91 Å². The zero-order valence-corrected chi connectivity index (χ0v) is 16.8. The average molecular weight is 394 g/mol. The van der Waals surface area contributed by atoms with Crippen molar-refractivity contribution in [1.29, 1.82) is 0 Å². The van der Waals surface area contributed by atoms with Crippen molar-refractivity contribution in [2.75, 3.05) is 32.7 Å². The molecule has 1 N–H and O–H groups in total. The van der Waals surface area contributed by atoms with Crippen molar-refractivity contribution >= 4 is 28.4 Å². The second-order valence-corrected chi connectivity index (χ2v) is 7.40. The lowest BCUT2D eigenvalue weighted by molar-refractivity contribution is -0.902. The summed E-state index contributed by atoms with van der Waals surface area (Å²) in [7, 11) is 0. The number of hydrogen-bond acceptors (Lipinski definition) is 3. The molecule has 2 aromatic rings. The van der Waals surface area contributed by atoms with E-state index < -0.39 is 11.7 Å². The molecule has 0 unspecified atom stereocenters. The molecule has 1 aromatic carbocycles. The minimum absolute atomic E-state index is 0.102. The predicted molar refractivity (Wildman–Crippen MR) is 106 cm³/mol. The number of carbonyl (C=O) groups excluding carboxylic acids is 1. The Labute approximate surface area is 162 Å². The Morgan fingerprint density at radius 2 is 1.89 bits per heavy atom. The number of piperazine rings is 1. The van der Waals surface area contributed by atoms with E-state index in [4.69, 9.17) is 11.6 Å². The first kappa shape index (κ1) is 19.6. The number of amides is 1. The molecule has 1 fully saturated rings. The fourth-order valence-electron chi connectivity index (χ4n) is 3.78. The number of benzene rings is 1. The SMILES string of the molecule is CCn1c(=O)c2ccc(Cl)cc2n([C@H](C)C(=O)N2CC[NH+](CC)CC2)c1=O. The van der Waals surface area contributed by atoms with Gasteiger partial charge in [0.15, 0.2) is 0 Å². The van der Waals surface area contributed by atoms with Crippen LogP contribution in [0.4, 0.5) is 0 Å². The summed E-state index contributed by atoms with van der Waals surface area (Å²) < 4.78 is 2.58. The number of carbonyl (C=O) groups is 1. The van der Waals surface area contributed by atoms with Crippen molar-refractivity contribution in [2.45, 2.75) is 33.4 Å². The Morgan fingerprint density at radius 3 is 2.48 bits per heavy atom. The van der Waals surface area contributed by atoms with Gasteiger partial charge in [0.05, 0.1) is 43.6 Å². The molecule has 0 radical (unpaired) electrons. The van der Waals surface area contributed by atoms with Crippen LogP contribution in [0.1, 0.15) is 26.8 Å². The van der Waals surface area contributed by atoms with Gasteiger partial charge in [0, 0.05) is 11.6 Å². The van der Waals surface area contributed by atoms with Gasteiger partial charge in [-0.05, 0) is 39.0 Å². The van der Waals surface area contributed by atoms with Crippen LogP contribution in [-0.2, 0) is 11.3 Å². The molecule has 0 bridgehead atoms. The highest BCUT2D eigenvalue weighted by Crippen LogP contribution is 2.19. The quantitative estimate of drug-likeness (QED) is 0.803. The Bertz CT molecular complexity index is 973. The molecule has 1 saturated heterocycles. The van der Waals surface area contributed by atoms with Crippen LogP contribution in [0.15, 0.2) is 27.8 Å². The van der Waals surface area contributed by atoms with Gasteiger partial charge in [0.25, 0.3) is 5.56 Å². The summed E-state index contributed by atoms with van der Waals surface area (Å²) >= 11 is 6.11. The molecule has 0 aliphatic carbocycles. The number of rotatable bonds is 4. The maximum atomic E-state index is 13.1. The third kappa shape index (κ3) is 3.53. The van der Waals surface area contributed by atoms with Gasteiger partial charge < -0.3 is 9.80 Å². The maximum Gasteiger partial charge on any atom is 0.332 e. The van der Waals surface area contributed by atoms with Crippen molar-refractivity contribution in [3.05, 3.63) is 44.1 Å². The van der Waals surface area contributed by atoms with E-state index in [1.165, 1.54) is 14.0 Å². The molecular formula is C19H26ClN4O3+. The molecular weight excluding hydrogens is 368 g/mol. The van der Waals surface area contributed by atoms with Crippen LogP contribution < -0.4 is 16.1 Å². The standard InChI is InChI=1S/C19H25ClN4O3/c1-4-21-8-10-22(11-9-21)17(25)13(3)24-16-12-14(20)6-7-15(16)18(26)23(5-2)19(24)27/h6-7,12-13H,4-5,8-11H2,1-3H3/p+1/t13-/m1/s1. The van der Waals surface area contributed by atoms with Crippen LogP contribution in [0.2, 0.25) is 5.02 Å². The Hall–Kier alpha value is -2.12. The van der Waals surface area contributed by atoms with Gasteiger partial charge in [-0.1, -0.05) is 11.6 Å². The Kier molecular flexibility index (Phi) is 5.72. The van der Waals surface area contributed by atoms with Gasteiger partial charge in [-0.2, -0.15) is 0 Å². The van der Waals surface area contributed by atoms with Crippen LogP contribution in [-0.4, -0.2) is 52.7 Å². The number of halogens is 1. The number of aromatic nitrogens is 2. The molecule has 0 saturated carbocycles. The third-order valence-corrected chi connectivity index (χ3v) is 5.71. The third-order valence-electron chi connectivity index (χ3n) is 5.48.